The molecule has 0 unspecified atom stereocenters. The van der Waals surface area contributed by atoms with E-state index in [1.165, 1.54) is 12.1 Å². The van der Waals surface area contributed by atoms with Crippen LogP contribution in [0.2, 0.25) is 0 Å². The molecule has 200 valence electrons. The van der Waals surface area contributed by atoms with Gasteiger partial charge in [-0.3, -0.25) is 19.2 Å². The molecule has 38 heavy (non-hydrogen) atoms. The Morgan fingerprint density at radius 2 is 1.55 bits per heavy atom. The maximum Gasteiger partial charge on any atom is 0.306 e. The number of benzene rings is 2. The van der Waals surface area contributed by atoms with Gasteiger partial charge in [-0.25, -0.2) is 4.98 Å². The van der Waals surface area contributed by atoms with Gasteiger partial charge in [-0.05, 0) is 43.7 Å². The van der Waals surface area contributed by atoms with Crippen LogP contribution in [0, 0.1) is 0 Å². The summed E-state index contributed by atoms with van der Waals surface area (Å²) in [6.07, 6.45) is 2.29. The van der Waals surface area contributed by atoms with Gasteiger partial charge >= 0.3 is 11.9 Å². The molecule has 0 aliphatic heterocycles. The van der Waals surface area contributed by atoms with E-state index in [1.54, 1.807) is 42.3 Å². The van der Waals surface area contributed by atoms with E-state index in [2.05, 4.69) is 4.98 Å². The molecule has 0 saturated carbocycles. The van der Waals surface area contributed by atoms with E-state index in [4.69, 9.17) is 9.84 Å². The molecule has 11 nitrogen and oxygen atoms in total. The number of carbonyl (C=O) groups is 4. The van der Waals surface area contributed by atoms with E-state index in [9.17, 15) is 29.4 Å². The van der Waals surface area contributed by atoms with Crippen molar-refractivity contribution in [2.75, 3.05) is 6.61 Å². The number of aryl methyl sites for hydroxylation is 4. The summed E-state index contributed by atoms with van der Waals surface area (Å²) in [6.45, 7) is 2.11. The lowest BCUT2D eigenvalue weighted by atomic mass is 10.1. The highest BCUT2D eigenvalue weighted by atomic mass is 16.5. The molecule has 11 heteroatoms. The van der Waals surface area contributed by atoms with Crippen LogP contribution in [0.5, 0.6) is 11.5 Å². The standard InChI is InChI=1S/C14H16N2O4.C13H13NO4/c1-3-20-13(19)7-6-12-15-10-4-5-11(18)9(8-17)14(10)16(12)2;1-14-9(3-5-12(17)18)6-8-2-4-11(16)10(7-15)13(8)14/h4-5,8,18H,3,6-7H2,1-2H3;2,4,6-7,16H,3,5H2,1H3,(H,17,18). The summed E-state index contributed by atoms with van der Waals surface area (Å²) >= 11 is 0. The Hall–Kier alpha value is -4.67. The average molecular weight is 524 g/mol. The fourth-order valence-corrected chi connectivity index (χ4v) is 4.27. The van der Waals surface area contributed by atoms with E-state index in [-0.39, 0.29) is 41.4 Å². The highest BCUT2D eigenvalue weighted by molar-refractivity contribution is 6.00. The number of nitrogens with zero attached hydrogens (tertiary/aromatic N) is 3. The second-order valence-corrected chi connectivity index (χ2v) is 8.52. The van der Waals surface area contributed by atoms with E-state index in [0.717, 1.165) is 11.1 Å². The Bertz CT molecular complexity index is 1520. The minimum Gasteiger partial charge on any atom is -0.507 e. The first-order valence-electron chi connectivity index (χ1n) is 11.9. The number of carboxylic acid groups (broad SMARTS) is 1. The van der Waals surface area contributed by atoms with Crippen LogP contribution in [0.15, 0.2) is 30.3 Å². The molecule has 0 aliphatic carbocycles. The van der Waals surface area contributed by atoms with E-state index < -0.39 is 5.97 Å². The van der Waals surface area contributed by atoms with Crippen molar-refractivity contribution in [3.05, 3.63) is 53.0 Å². The van der Waals surface area contributed by atoms with Gasteiger partial charge < -0.3 is 29.2 Å². The molecular weight excluding hydrogens is 494 g/mol. The molecule has 0 amide bonds. The molecule has 0 aliphatic rings. The van der Waals surface area contributed by atoms with Gasteiger partial charge in [0, 0.05) is 31.6 Å². The van der Waals surface area contributed by atoms with Crippen molar-refractivity contribution >= 4 is 46.4 Å². The van der Waals surface area contributed by atoms with Crippen molar-refractivity contribution in [1.29, 1.82) is 0 Å². The molecule has 2 aromatic carbocycles. The molecule has 4 aromatic rings. The number of carbonyl (C=O) groups excluding carboxylic acids is 3. The largest absolute Gasteiger partial charge is 0.507 e. The maximum absolute atomic E-state index is 11.4. The van der Waals surface area contributed by atoms with E-state index in [1.807, 2.05) is 6.07 Å². The number of hydrogen-bond donors (Lipinski definition) is 3. The van der Waals surface area contributed by atoms with Crippen LogP contribution in [-0.4, -0.2) is 60.6 Å². The van der Waals surface area contributed by atoms with Crippen LogP contribution in [0.25, 0.3) is 21.9 Å². The van der Waals surface area contributed by atoms with Gasteiger partial charge in [0.25, 0.3) is 0 Å². The Morgan fingerprint density at radius 1 is 0.921 bits per heavy atom. The van der Waals surface area contributed by atoms with Crippen molar-refractivity contribution in [3.63, 3.8) is 0 Å². The number of phenolic OH excluding ortho intramolecular Hbond substituents is 2. The first-order valence-corrected chi connectivity index (χ1v) is 11.9. The minimum absolute atomic E-state index is 0.0343. The maximum atomic E-state index is 11.4. The molecule has 0 atom stereocenters. The smallest absolute Gasteiger partial charge is 0.306 e. The second kappa shape index (κ2) is 12.0. The van der Waals surface area contributed by atoms with Crippen LogP contribution in [0.4, 0.5) is 0 Å². The summed E-state index contributed by atoms with van der Waals surface area (Å²) in [7, 11) is 3.51. The number of aromatic nitrogens is 3. The number of aromatic hydroxyl groups is 2. The fourth-order valence-electron chi connectivity index (χ4n) is 4.27. The van der Waals surface area contributed by atoms with Gasteiger partial charge in [0.05, 0.1) is 47.1 Å². The average Bonchev–Trinajstić information content (AvgIpc) is 3.38. The second-order valence-electron chi connectivity index (χ2n) is 8.52. The van der Waals surface area contributed by atoms with Crippen molar-refractivity contribution in [2.45, 2.75) is 32.6 Å². The third-order valence-corrected chi connectivity index (χ3v) is 6.15. The van der Waals surface area contributed by atoms with Crippen LogP contribution < -0.4 is 0 Å². The molecule has 0 radical (unpaired) electrons. The number of esters is 1. The first-order chi connectivity index (χ1) is 18.1. The third kappa shape index (κ3) is 5.83. The van der Waals surface area contributed by atoms with E-state index >= 15 is 0 Å². The van der Waals surface area contributed by atoms with Gasteiger partial charge in [0.15, 0.2) is 12.6 Å². The molecule has 3 N–H and O–H groups in total. The number of hydrogen-bond acceptors (Lipinski definition) is 8. The molecule has 2 aromatic heterocycles. The Kier molecular flexibility index (Phi) is 8.85. The van der Waals surface area contributed by atoms with Gasteiger partial charge in [-0.15, -0.1) is 0 Å². The minimum atomic E-state index is -0.862. The number of aldehydes is 2. The lowest BCUT2D eigenvalue weighted by Gasteiger charge is -2.05. The molecule has 2 heterocycles. The van der Waals surface area contributed by atoms with Crippen molar-refractivity contribution in [2.24, 2.45) is 14.1 Å². The van der Waals surface area contributed by atoms with Gasteiger partial charge in [-0.1, -0.05) is 0 Å². The highest BCUT2D eigenvalue weighted by Crippen LogP contribution is 2.29. The van der Waals surface area contributed by atoms with Gasteiger partial charge in [0.1, 0.15) is 17.3 Å². The SMILES string of the molecule is CCOC(=O)CCc1nc2ccc(O)c(C=O)c2n1C.Cn1c(CCC(=O)O)cc2ccc(O)c(C=O)c21. The quantitative estimate of drug-likeness (QED) is 0.221. The van der Waals surface area contributed by atoms with Gasteiger partial charge in [0.2, 0.25) is 0 Å². The Balaban J connectivity index is 0.000000212. The molecular formula is C27H29N3O8. The first kappa shape index (κ1) is 27.9. The molecule has 0 fully saturated rings. The molecule has 0 spiro atoms. The van der Waals surface area contributed by atoms with E-state index in [0.29, 0.717) is 54.4 Å². The summed E-state index contributed by atoms with van der Waals surface area (Å²) in [4.78, 5) is 48.4. The van der Waals surface area contributed by atoms with Crippen molar-refractivity contribution < 1.29 is 39.2 Å². The zero-order valence-electron chi connectivity index (χ0n) is 21.3. The predicted octanol–water partition coefficient (Wildman–Crippen LogP) is 3.30. The number of rotatable bonds is 9. The number of carboxylic acids is 1. The van der Waals surface area contributed by atoms with Crippen molar-refractivity contribution in [1.82, 2.24) is 14.1 Å². The van der Waals surface area contributed by atoms with Gasteiger partial charge in [-0.2, -0.15) is 0 Å². The predicted molar refractivity (Wildman–Crippen MR) is 139 cm³/mol. The number of ether oxygens (including phenoxy) is 1. The number of fused-ring (bicyclic) bond motifs is 2. The van der Waals surface area contributed by atoms with Crippen LogP contribution >= 0.6 is 0 Å². The Morgan fingerprint density at radius 3 is 2.16 bits per heavy atom. The molecule has 0 saturated heterocycles. The summed E-state index contributed by atoms with van der Waals surface area (Å²) in [5.74, 6) is -0.616. The zero-order valence-corrected chi connectivity index (χ0v) is 21.3. The van der Waals surface area contributed by atoms with Crippen LogP contribution in [0.3, 0.4) is 0 Å². The molecule has 4 rings (SSSR count). The van der Waals surface area contributed by atoms with Crippen molar-refractivity contribution in [3.8, 4) is 11.5 Å². The lowest BCUT2D eigenvalue weighted by molar-refractivity contribution is -0.143. The Labute approximate surface area is 217 Å². The number of imidazole rings is 1. The van der Waals surface area contributed by atoms with Crippen LogP contribution in [0.1, 0.15) is 52.0 Å². The third-order valence-electron chi connectivity index (χ3n) is 6.15. The fraction of sp³-hybridized carbons (Fsp3) is 0.296. The topological polar surface area (TPSA) is 161 Å². The summed E-state index contributed by atoms with van der Waals surface area (Å²) in [6, 6.07) is 8.10. The normalized spacial score (nSPS) is 10.7. The summed E-state index contributed by atoms with van der Waals surface area (Å²) in [5, 5.41) is 28.8. The number of phenols is 2. The lowest BCUT2D eigenvalue weighted by Crippen LogP contribution is -2.07. The van der Waals surface area contributed by atoms with Crippen LogP contribution in [-0.2, 0) is 41.3 Å². The summed E-state index contributed by atoms with van der Waals surface area (Å²) < 4.78 is 8.34. The zero-order chi connectivity index (χ0) is 28.0. The number of aliphatic carboxylic acids is 1. The molecule has 0 bridgehead atoms. The summed E-state index contributed by atoms with van der Waals surface area (Å²) in [5.41, 5.74) is 3.08. The monoisotopic (exact) mass is 523 g/mol. The highest BCUT2D eigenvalue weighted by Gasteiger charge is 2.16.